The fourth-order valence-corrected chi connectivity index (χ4v) is 1.70. The van der Waals surface area contributed by atoms with Crippen LogP contribution >= 0.6 is 0 Å². The minimum Gasteiger partial charge on any atom is -0.469 e. The molecule has 0 bridgehead atoms. The lowest BCUT2D eigenvalue weighted by molar-refractivity contribution is -0.141. The Morgan fingerprint density at radius 1 is 1.39 bits per heavy atom. The molecule has 4 nitrogen and oxygen atoms in total. The van der Waals surface area contributed by atoms with Crippen molar-refractivity contribution in [1.29, 1.82) is 0 Å². The lowest BCUT2D eigenvalue weighted by Gasteiger charge is -2.22. The first kappa shape index (κ1) is 14.5. The molecule has 4 heteroatoms. The van der Waals surface area contributed by atoms with Gasteiger partial charge in [0.15, 0.2) is 0 Å². The molecule has 1 unspecified atom stereocenters. The van der Waals surface area contributed by atoms with Gasteiger partial charge in [-0.1, -0.05) is 17.7 Å². The number of hydrogen-bond donors (Lipinski definition) is 1. The second kappa shape index (κ2) is 7.01. The van der Waals surface area contributed by atoms with Crippen LogP contribution in [0.1, 0.15) is 18.4 Å². The van der Waals surface area contributed by atoms with E-state index in [4.69, 9.17) is 0 Å². The first-order chi connectivity index (χ1) is 8.52. The molecule has 0 aliphatic heterocycles. The Bertz CT molecular complexity index is 375. The standard InChI is InChI=1S/C14H21NO3/c1-11-4-6-12(7-5-11)15(2)10-13(16)8-9-14(17)18-3/h4-7,13,16H,8-10H2,1-3H3. The van der Waals surface area contributed by atoms with Crippen molar-refractivity contribution in [2.75, 3.05) is 25.6 Å². The number of aliphatic hydroxyl groups is 1. The van der Waals surface area contributed by atoms with Gasteiger partial charge < -0.3 is 14.7 Å². The first-order valence-corrected chi connectivity index (χ1v) is 6.05. The summed E-state index contributed by atoms with van der Waals surface area (Å²) in [6.07, 6.45) is 0.137. The Morgan fingerprint density at radius 3 is 2.56 bits per heavy atom. The van der Waals surface area contributed by atoms with Crippen molar-refractivity contribution in [2.24, 2.45) is 0 Å². The summed E-state index contributed by atoms with van der Waals surface area (Å²) in [5.74, 6) is -0.285. The van der Waals surface area contributed by atoms with Gasteiger partial charge in [-0.15, -0.1) is 0 Å². The van der Waals surface area contributed by atoms with E-state index in [0.29, 0.717) is 13.0 Å². The molecule has 0 fully saturated rings. The van der Waals surface area contributed by atoms with Crippen LogP contribution in [0.3, 0.4) is 0 Å². The number of hydrogen-bond acceptors (Lipinski definition) is 4. The molecule has 0 spiro atoms. The van der Waals surface area contributed by atoms with Crippen LogP contribution in [0.2, 0.25) is 0 Å². The van der Waals surface area contributed by atoms with Gasteiger partial charge in [-0.2, -0.15) is 0 Å². The lowest BCUT2D eigenvalue weighted by Crippen LogP contribution is -2.29. The molecule has 0 aromatic heterocycles. The zero-order valence-electron chi connectivity index (χ0n) is 11.2. The summed E-state index contributed by atoms with van der Waals surface area (Å²) in [6, 6.07) is 8.10. The van der Waals surface area contributed by atoms with E-state index in [1.165, 1.54) is 12.7 Å². The van der Waals surface area contributed by atoms with Gasteiger partial charge in [0.1, 0.15) is 0 Å². The van der Waals surface area contributed by atoms with E-state index in [-0.39, 0.29) is 12.4 Å². The number of aliphatic hydroxyl groups excluding tert-OH is 1. The van der Waals surface area contributed by atoms with Crippen molar-refractivity contribution in [3.05, 3.63) is 29.8 Å². The maximum absolute atomic E-state index is 11.0. The summed E-state index contributed by atoms with van der Waals surface area (Å²) in [5.41, 5.74) is 2.26. The molecule has 0 aliphatic rings. The molecule has 100 valence electrons. The Balaban J connectivity index is 2.41. The van der Waals surface area contributed by atoms with Gasteiger partial charge >= 0.3 is 5.97 Å². The molecular formula is C14H21NO3. The average molecular weight is 251 g/mol. The van der Waals surface area contributed by atoms with E-state index in [1.54, 1.807) is 0 Å². The van der Waals surface area contributed by atoms with Gasteiger partial charge in [0.2, 0.25) is 0 Å². The fourth-order valence-electron chi connectivity index (χ4n) is 1.70. The van der Waals surface area contributed by atoms with Gasteiger partial charge in [-0.3, -0.25) is 4.79 Å². The summed E-state index contributed by atoms with van der Waals surface area (Å²) in [6.45, 7) is 2.54. The quantitative estimate of drug-likeness (QED) is 0.782. The van der Waals surface area contributed by atoms with Crippen LogP contribution in [-0.4, -0.2) is 37.9 Å². The van der Waals surface area contributed by atoms with E-state index < -0.39 is 6.10 Å². The molecule has 1 N–H and O–H groups in total. The smallest absolute Gasteiger partial charge is 0.305 e. The van der Waals surface area contributed by atoms with E-state index in [0.717, 1.165) is 5.69 Å². The van der Waals surface area contributed by atoms with Crippen LogP contribution < -0.4 is 4.90 Å². The number of anilines is 1. The number of nitrogens with zero attached hydrogens (tertiary/aromatic N) is 1. The molecule has 0 saturated carbocycles. The number of carbonyl (C=O) groups is 1. The number of ether oxygens (including phenoxy) is 1. The van der Waals surface area contributed by atoms with Crippen molar-refractivity contribution >= 4 is 11.7 Å². The highest BCUT2D eigenvalue weighted by atomic mass is 16.5. The summed E-state index contributed by atoms with van der Waals surface area (Å²) in [7, 11) is 3.28. The van der Waals surface area contributed by atoms with Crippen LogP contribution in [0.25, 0.3) is 0 Å². The number of benzene rings is 1. The third kappa shape index (κ3) is 4.75. The molecule has 1 aromatic carbocycles. The molecule has 1 aromatic rings. The number of aryl methyl sites for hydroxylation is 1. The zero-order valence-corrected chi connectivity index (χ0v) is 11.2. The highest BCUT2D eigenvalue weighted by molar-refractivity contribution is 5.69. The van der Waals surface area contributed by atoms with Gasteiger partial charge in [-0.25, -0.2) is 0 Å². The van der Waals surface area contributed by atoms with Gasteiger partial charge in [0.25, 0.3) is 0 Å². The molecule has 1 atom stereocenters. The Morgan fingerprint density at radius 2 is 2.00 bits per heavy atom. The minimum absolute atomic E-state index is 0.249. The van der Waals surface area contributed by atoms with Crippen molar-refractivity contribution in [3.8, 4) is 0 Å². The fraction of sp³-hybridized carbons (Fsp3) is 0.500. The summed E-state index contributed by atoms with van der Waals surface area (Å²) in [4.78, 5) is 12.9. The first-order valence-electron chi connectivity index (χ1n) is 6.05. The van der Waals surface area contributed by atoms with Crippen LogP contribution in [0.15, 0.2) is 24.3 Å². The van der Waals surface area contributed by atoms with E-state index in [2.05, 4.69) is 4.74 Å². The van der Waals surface area contributed by atoms with E-state index in [9.17, 15) is 9.90 Å². The number of carbonyl (C=O) groups excluding carboxylic acids is 1. The molecule has 1 rings (SSSR count). The molecule has 0 saturated heterocycles. The number of methoxy groups -OCH3 is 1. The third-order valence-corrected chi connectivity index (χ3v) is 2.87. The van der Waals surface area contributed by atoms with Crippen LogP contribution in [0, 0.1) is 6.92 Å². The Hall–Kier alpha value is -1.55. The largest absolute Gasteiger partial charge is 0.469 e. The number of rotatable bonds is 6. The summed E-state index contributed by atoms with van der Waals surface area (Å²) >= 11 is 0. The molecule has 0 amide bonds. The molecule has 0 heterocycles. The van der Waals surface area contributed by atoms with Crippen LogP contribution in [0.4, 0.5) is 5.69 Å². The van der Waals surface area contributed by atoms with Crippen molar-refractivity contribution < 1.29 is 14.6 Å². The van der Waals surface area contributed by atoms with Crippen molar-refractivity contribution in [3.63, 3.8) is 0 Å². The van der Waals surface area contributed by atoms with E-state index >= 15 is 0 Å². The zero-order chi connectivity index (χ0) is 13.5. The normalized spacial score (nSPS) is 12.0. The second-order valence-electron chi connectivity index (χ2n) is 4.48. The Kier molecular flexibility index (Phi) is 5.65. The molecular weight excluding hydrogens is 230 g/mol. The third-order valence-electron chi connectivity index (χ3n) is 2.87. The number of likely N-dealkylation sites (N-methyl/N-ethyl adjacent to an activating group) is 1. The minimum atomic E-state index is -0.532. The predicted octanol–water partition coefficient (Wildman–Crippen LogP) is 1.75. The summed E-state index contributed by atoms with van der Waals surface area (Å²) in [5, 5.41) is 9.83. The molecule has 0 radical (unpaired) electrons. The average Bonchev–Trinajstić information content (AvgIpc) is 2.36. The molecule has 0 aliphatic carbocycles. The lowest BCUT2D eigenvalue weighted by atomic mass is 10.1. The highest BCUT2D eigenvalue weighted by Crippen LogP contribution is 2.14. The number of esters is 1. The highest BCUT2D eigenvalue weighted by Gasteiger charge is 2.11. The monoisotopic (exact) mass is 251 g/mol. The topological polar surface area (TPSA) is 49.8 Å². The SMILES string of the molecule is COC(=O)CCC(O)CN(C)c1ccc(C)cc1. The van der Waals surface area contributed by atoms with Crippen molar-refractivity contribution in [1.82, 2.24) is 0 Å². The molecule has 18 heavy (non-hydrogen) atoms. The van der Waals surface area contributed by atoms with Gasteiger partial charge in [0.05, 0.1) is 13.2 Å². The maximum Gasteiger partial charge on any atom is 0.305 e. The van der Waals surface area contributed by atoms with Gasteiger partial charge in [-0.05, 0) is 25.5 Å². The van der Waals surface area contributed by atoms with Crippen LogP contribution in [0.5, 0.6) is 0 Å². The Labute approximate surface area is 108 Å². The van der Waals surface area contributed by atoms with E-state index in [1.807, 2.05) is 43.1 Å². The van der Waals surface area contributed by atoms with Gasteiger partial charge in [0, 0.05) is 25.7 Å². The maximum atomic E-state index is 11.0. The predicted molar refractivity (Wildman–Crippen MR) is 71.7 cm³/mol. The second-order valence-corrected chi connectivity index (χ2v) is 4.48. The van der Waals surface area contributed by atoms with Crippen molar-refractivity contribution in [2.45, 2.75) is 25.9 Å². The summed E-state index contributed by atoms with van der Waals surface area (Å²) < 4.78 is 4.54. The van der Waals surface area contributed by atoms with Crippen LogP contribution in [-0.2, 0) is 9.53 Å².